The minimum Gasteiger partial charge on any atom is -0.486 e. The number of hydrogen-bond acceptors (Lipinski definition) is 4. The topological polar surface area (TPSA) is 73.6 Å². The number of carbonyl (C=O) groups excluding carboxylic acids is 1. The predicted octanol–water partition coefficient (Wildman–Crippen LogP) is 2.43. The summed E-state index contributed by atoms with van der Waals surface area (Å²) in [6.07, 6.45) is 0. The van der Waals surface area contributed by atoms with Gasteiger partial charge in [0.05, 0.1) is 5.69 Å². The number of nitrogens with two attached hydrogens (primary N) is 1. The number of amides is 1. The van der Waals surface area contributed by atoms with E-state index in [0.29, 0.717) is 30.4 Å². The molecule has 108 valence electrons. The van der Waals surface area contributed by atoms with Crippen LogP contribution in [-0.2, 0) is 0 Å². The first-order valence-corrected chi connectivity index (χ1v) is 6.39. The van der Waals surface area contributed by atoms with Gasteiger partial charge in [-0.3, -0.25) is 4.79 Å². The lowest BCUT2D eigenvalue weighted by atomic mass is 10.1. The van der Waals surface area contributed by atoms with Crippen LogP contribution < -0.4 is 20.5 Å². The minimum absolute atomic E-state index is 0.00544. The second-order valence-electron chi connectivity index (χ2n) is 4.55. The highest BCUT2D eigenvalue weighted by Gasteiger charge is 2.14. The number of nitrogens with one attached hydrogen (secondary N) is 1. The predicted molar refractivity (Wildman–Crippen MR) is 76.2 cm³/mol. The van der Waals surface area contributed by atoms with Crippen LogP contribution in [0.3, 0.4) is 0 Å². The fourth-order valence-electron chi connectivity index (χ4n) is 1.99. The molecule has 0 unspecified atom stereocenters. The number of carbonyl (C=O) groups is 1. The van der Waals surface area contributed by atoms with E-state index in [1.165, 1.54) is 12.1 Å². The SMILES string of the molecule is Nc1ccc(C(=O)Nc2ccc3c(c2)OCCO3)cc1F. The van der Waals surface area contributed by atoms with Crippen molar-refractivity contribution in [2.45, 2.75) is 0 Å². The van der Waals surface area contributed by atoms with Crippen molar-refractivity contribution in [1.82, 2.24) is 0 Å². The van der Waals surface area contributed by atoms with E-state index in [4.69, 9.17) is 15.2 Å². The summed E-state index contributed by atoms with van der Waals surface area (Å²) in [6, 6.07) is 9.00. The molecule has 3 N–H and O–H groups in total. The molecule has 0 radical (unpaired) electrons. The van der Waals surface area contributed by atoms with Crippen molar-refractivity contribution >= 4 is 17.3 Å². The smallest absolute Gasteiger partial charge is 0.255 e. The molecule has 1 heterocycles. The van der Waals surface area contributed by atoms with E-state index in [1.54, 1.807) is 18.2 Å². The molecule has 1 aliphatic heterocycles. The molecule has 2 aromatic carbocycles. The molecule has 6 heteroatoms. The fourth-order valence-corrected chi connectivity index (χ4v) is 1.99. The highest BCUT2D eigenvalue weighted by atomic mass is 19.1. The number of nitrogen functional groups attached to an aromatic ring is 1. The summed E-state index contributed by atoms with van der Waals surface area (Å²) in [5, 5.41) is 2.67. The molecule has 0 fully saturated rings. The maximum absolute atomic E-state index is 13.4. The normalized spacial score (nSPS) is 12.8. The van der Waals surface area contributed by atoms with Crippen molar-refractivity contribution in [3.05, 3.63) is 47.8 Å². The quantitative estimate of drug-likeness (QED) is 0.832. The Morgan fingerprint density at radius 1 is 1.10 bits per heavy atom. The summed E-state index contributed by atoms with van der Waals surface area (Å²) < 4.78 is 24.2. The molecule has 1 aliphatic rings. The average Bonchev–Trinajstić information content (AvgIpc) is 2.50. The molecule has 1 amide bonds. The largest absolute Gasteiger partial charge is 0.486 e. The molecular formula is C15H13FN2O3. The van der Waals surface area contributed by atoms with E-state index < -0.39 is 11.7 Å². The first kappa shape index (κ1) is 13.2. The summed E-state index contributed by atoms with van der Waals surface area (Å²) in [5.41, 5.74) is 6.12. The number of hydrogen-bond donors (Lipinski definition) is 2. The number of rotatable bonds is 2. The van der Waals surface area contributed by atoms with Crippen LogP contribution in [0.25, 0.3) is 0 Å². The fraction of sp³-hybridized carbons (Fsp3) is 0.133. The number of benzene rings is 2. The molecule has 0 aromatic heterocycles. The van der Waals surface area contributed by atoms with Gasteiger partial charge in [0.1, 0.15) is 19.0 Å². The Morgan fingerprint density at radius 3 is 2.62 bits per heavy atom. The first-order chi connectivity index (χ1) is 10.1. The zero-order valence-electron chi connectivity index (χ0n) is 11.1. The lowest BCUT2D eigenvalue weighted by molar-refractivity contribution is 0.102. The van der Waals surface area contributed by atoms with E-state index in [9.17, 15) is 9.18 Å². The summed E-state index contributed by atoms with van der Waals surface area (Å²) >= 11 is 0. The molecule has 0 atom stereocenters. The maximum atomic E-state index is 13.4. The summed E-state index contributed by atoms with van der Waals surface area (Å²) in [4.78, 5) is 12.1. The molecule has 21 heavy (non-hydrogen) atoms. The third-order valence-electron chi connectivity index (χ3n) is 3.06. The van der Waals surface area contributed by atoms with Crippen LogP contribution in [0, 0.1) is 5.82 Å². The molecule has 0 saturated heterocycles. The molecule has 0 saturated carbocycles. The average molecular weight is 288 g/mol. The van der Waals surface area contributed by atoms with Gasteiger partial charge in [-0.2, -0.15) is 0 Å². The van der Waals surface area contributed by atoms with Gasteiger partial charge in [-0.1, -0.05) is 0 Å². The van der Waals surface area contributed by atoms with Crippen LogP contribution in [0.5, 0.6) is 11.5 Å². The van der Waals surface area contributed by atoms with Crippen molar-refractivity contribution in [3.8, 4) is 11.5 Å². The molecule has 0 aliphatic carbocycles. The molecule has 3 rings (SSSR count). The molecular weight excluding hydrogens is 275 g/mol. The molecule has 5 nitrogen and oxygen atoms in total. The van der Waals surface area contributed by atoms with Crippen molar-refractivity contribution in [1.29, 1.82) is 0 Å². The zero-order valence-corrected chi connectivity index (χ0v) is 11.1. The molecule has 0 spiro atoms. The number of anilines is 2. The molecule has 0 bridgehead atoms. The van der Waals surface area contributed by atoms with Crippen molar-refractivity contribution in [2.75, 3.05) is 24.3 Å². The zero-order chi connectivity index (χ0) is 14.8. The van der Waals surface area contributed by atoms with Crippen LogP contribution in [0.4, 0.5) is 15.8 Å². The molecule has 2 aromatic rings. The Bertz CT molecular complexity index is 703. The maximum Gasteiger partial charge on any atom is 0.255 e. The van der Waals surface area contributed by atoms with E-state index >= 15 is 0 Å². The van der Waals surface area contributed by atoms with Crippen LogP contribution >= 0.6 is 0 Å². The first-order valence-electron chi connectivity index (χ1n) is 6.39. The summed E-state index contributed by atoms with van der Waals surface area (Å²) in [5.74, 6) is 0.163. The second kappa shape index (κ2) is 5.32. The van der Waals surface area contributed by atoms with Gasteiger partial charge in [-0.15, -0.1) is 0 Å². The van der Waals surface area contributed by atoms with Crippen molar-refractivity contribution < 1.29 is 18.7 Å². The Morgan fingerprint density at radius 2 is 1.86 bits per heavy atom. The number of fused-ring (bicyclic) bond motifs is 1. The van der Waals surface area contributed by atoms with Gasteiger partial charge >= 0.3 is 0 Å². The standard InChI is InChI=1S/C15H13FN2O3/c16-11-7-9(1-3-12(11)17)15(19)18-10-2-4-13-14(8-10)21-6-5-20-13/h1-4,7-8H,5-6,17H2,(H,18,19). The van der Waals surface area contributed by atoms with Crippen LogP contribution in [0.1, 0.15) is 10.4 Å². The Hall–Kier alpha value is -2.76. The second-order valence-corrected chi connectivity index (χ2v) is 4.55. The Kier molecular flexibility index (Phi) is 3.35. The van der Waals surface area contributed by atoms with E-state index in [0.717, 1.165) is 6.07 Å². The van der Waals surface area contributed by atoms with Gasteiger partial charge in [0.2, 0.25) is 0 Å². The Labute approximate surface area is 120 Å². The van der Waals surface area contributed by atoms with Gasteiger partial charge in [0.15, 0.2) is 11.5 Å². The van der Waals surface area contributed by atoms with Crippen LogP contribution in [0.2, 0.25) is 0 Å². The van der Waals surface area contributed by atoms with E-state index in [-0.39, 0.29) is 11.3 Å². The van der Waals surface area contributed by atoms with E-state index in [2.05, 4.69) is 5.32 Å². The third-order valence-corrected chi connectivity index (χ3v) is 3.06. The van der Waals surface area contributed by atoms with E-state index in [1.807, 2.05) is 0 Å². The van der Waals surface area contributed by atoms with Gasteiger partial charge in [0.25, 0.3) is 5.91 Å². The van der Waals surface area contributed by atoms with Gasteiger partial charge in [-0.05, 0) is 30.3 Å². The number of ether oxygens (including phenoxy) is 2. The monoisotopic (exact) mass is 288 g/mol. The minimum atomic E-state index is -0.621. The van der Waals surface area contributed by atoms with Gasteiger partial charge in [-0.25, -0.2) is 4.39 Å². The van der Waals surface area contributed by atoms with Gasteiger partial charge in [0, 0.05) is 17.3 Å². The Balaban J connectivity index is 1.79. The summed E-state index contributed by atoms with van der Waals surface area (Å²) in [7, 11) is 0. The highest BCUT2D eigenvalue weighted by Crippen LogP contribution is 2.32. The van der Waals surface area contributed by atoms with Crippen molar-refractivity contribution in [3.63, 3.8) is 0 Å². The third kappa shape index (κ3) is 2.74. The van der Waals surface area contributed by atoms with Gasteiger partial charge < -0.3 is 20.5 Å². The van der Waals surface area contributed by atoms with Crippen molar-refractivity contribution in [2.24, 2.45) is 0 Å². The van der Waals surface area contributed by atoms with Crippen LogP contribution in [0.15, 0.2) is 36.4 Å². The lowest BCUT2D eigenvalue weighted by Crippen LogP contribution is -2.16. The number of halogens is 1. The highest BCUT2D eigenvalue weighted by molar-refractivity contribution is 6.04. The van der Waals surface area contributed by atoms with Crippen LogP contribution in [-0.4, -0.2) is 19.1 Å². The summed E-state index contributed by atoms with van der Waals surface area (Å²) in [6.45, 7) is 0.969. The lowest BCUT2D eigenvalue weighted by Gasteiger charge is -2.19.